The van der Waals surface area contributed by atoms with Gasteiger partial charge in [-0.15, -0.1) is 0 Å². The molecule has 51 heavy (non-hydrogen) atoms. The number of carbonyl (C=O) groups is 3. The van der Waals surface area contributed by atoms with Crippen LogP contribution in [-0.2, 0) is 28.6 Å². The number of quaternary nitrogens is 1. The molecular weight excluding hydrogens is 642 g/mol. The highest BCUT2D eigenvalue weighted by Crippen LogP contribution is 2.11. The van der Waals surface area contributed by atoms with E-state index in [2.05, 4.69) is 74.6 Å². The highest BCUT2D eigenvalue weighted by molar-refractivity contribution is 5.70. The van der Waals surface area contributed by atoms with Gasteiger partial charge in [0.05, 0.1) is 40.3 Å². The quantitative estimate of drug-likeness (QED) is 0.0290. The van der Waals surface area contributed by atoms with Crippen molar-refractivity contribution < 1.29 is 38.2 Å². The third kappa shape index (κ3) is 32.4. The third-order valence-corrected chi connectivity index (χ3v) is 8.09. The second kappa shape index (κ2) is 33.9. The monoisotopic (exact) mass is 714 g/mol. The van der Waals surface area contributed by atoms with E-state index in [1.54, 1.807) is 21.1 Å². The Bertz CT molecular complexity index is 1060. The molecule has 0 bridgehead atoms. The fourth-order valence-electron chi connectivity index (χ4n) is 5.04. The molecule has 0 heterocycles. The van der Waals surface area contributed by atoms with Crippen LogP contribution in [0.1, 0.15) is 129 Å². The Morgan fingerprint density at radius 3 is 1.71 bits per heavy atom. The minimum Gasteiger partial charge on any atom is -0.544 e. The molecule has 2 atom stereocenters. The Kier molecular flexibility index (Phi) is 31.7. The smallest absolute Gasteiger partial charge is 0.306 e. The van der Waals surface area contributed by atoms with E-state index in [1.807, 2.05) is 12.2 Å². The van der Waals surface area contributed by atoms with Crippen LogP contribution in [0.4, 0.5) is 0 Å². The molecule has 2 unspecified atom stereocenters. The molecule has 0 rings (SSSR count). The molecule has 0 aliphatic carbocycles. The van der Waals surface area contributed by atoms with E-state index in [4.69, 9.17) is 14.2 Å². The van der Waals surface area contributed by atoms with Gasteiger partial charge in [-0.25, -0.2) is 0 Å². The van der Waals surface area contributed by atoms with Crippen LogP contribution >= 0.6 is 0 Å². The van der Waals surface area contributed by atoms with Crippen molar-refractivity contribution in [2.45, 2.75) is 142 Å². The number of ether oxygens (including phenoxy) is 3. The molecule has 0 saturated carbocycles. The van der Waals surface area contributed by atoms with Gasteiger partial charge < -0.3 is 28.6 Å². The molecule has 290 valence electrons. The number of likely N-dealkylation sites (N-methyl/N-ethyl adjacent to an activating group) is 1. The molecule has 0 radical (unpaired) electrons. The molecule has 0 aliphatic heterocycles. The number of carboxylic acid groups (broad SMARTS) is 1. The van der Waals surface area contributed by atoms with Crippen LogP contribution in [0.5, 0.6) is 0 Å². The van der Waals surface area contributed by atoms with E-state index in [0.717, 1.165) is 70.6 Å². The lowest BCUT2D eigenvalue weighted by atomic mass is 10.1. The Morgan fingerprint density at radius 2 is 1.14 bits per heavy atom. The van der Waals surface area contributed by atoms with Crippen LogP contribution < -0.4 is 5.11 Å². The molecule has 0 aliphatic rings. The van der Waals surface area contributed by atoms with E-state index in [1.165, 1.54) is 19.3 Å². The van der Waals surface area contributed by atoms with Crippen molar-refractivity contribution in [3.63, 3.8) is 0 Å². The molecule has 0 saturated heterocycles. The summed E-state index contributed by atoms with van der Waals surface area (Å²) < 4.78 is 17.0. The maximum Gasteiger partial charge on any atom is 0.306 e. The number of nitrogens with zero attached hydrogens (tertiary/aromatic N) is 1. The summed E-state index contributed by atoms with van der Waals surface area (Å²) in [6.07, 6.45) is 40.9. The van der Waals surface area contributed by atoms with E-state index >= 15 is 0 Å². The van der Waals surface area contributed by atoms with E-state index in [-0.39, 0.29) is 43.1 Å². The summed E-state index contributed by atoms with van der Waals surface area (Å²) in [6, 6.07) is -0.741. The zero-order valence-electron chi connectivity index (χ0n) is 32.7. The van der Waals surface area contributed by atoms with Gasteiger partial charge in [-0.05, 0) is 64.2 Å². The lowest BCUT2D eigenvalue weighted by Crippen LogP contribution is -2.55. The van der Waals surface area contributed by atoms with Gasteiger partial charge in [0, 0.05) is 19.3 Å². The Morgan fingerprint density at radius 1 is 0.608 bits per heavy atom. The van der Waals surface area contributed by atoms with Gasteiger partial charge in [0.25, 0.3) is 0 Å². The Labute approximate surface area is 311 Å². The number of carbonyl (C=O) groups excluding carboxylic acids is 3. The van der Waals surface area contributed by atoms with Crippen LogP contribution in [0, 0.1) is 0 Å². The van der Waals surface area contributed by atoms with Crippen LogP contribution in [0.15, 0.2) is 72.9 Å². The number of hydrogen-bond acceptors (Lipinski definition) is 7. The molecule has 0 aromatic heterocycles. The fraction of sp³-hybridized carbons (Fsp3) is 0.651. The van der Waals surface area contributed by atoms with Crippen molar-refractivity contribution in [1.82, 2.24) is 0 Å². The van der Waals surface area contributed by atoms with Crippen LogP contribution in [-0.4, -0.2) is 75.5 Å². The summed E-state index contributed by atoms with van der Waals surface area (Å²) in [5, 5.41) is 11.6. The molecule has 8 heteroatoms. The first-order chi connectivity index (χ1) is 24.6. The first kappa shape index (κ1) is 47.8. The molecule has 0 amide bonds. The molecule has 0 fully saturated rings. The topological polar surface area (TPSA) is 102 Å². The van der Waals surface area contributed by atoms with E-state index in [0.29, 0.717) is 12.8 Å². The second-order valence-corrected chi connectivity index (χ2v) is 13.8. The van der Waals surface area contributed by atoms with Gasteiger partial charge in [-0.3, -0.25) is 9.59 Å². The van der Waals surface area contributed by atoms with Crippen molar-refractivity contribution >= 4 is 17.9 Å². The van der Waals surface area contributed by atoms with Crippen molar-refractivity contribution in [2.24, 2.45) is 0 Å². The number of carboxylic acids is 1. The standard InChI is InChI=1S/C43H71NO7/c1-6-8-10-12-14-16-18-19-20-21-22-24-26-28-30-32-34-42(46)51-39(37-49-36-35-40(43(47)48)44(3,4)5)38-50-41(45)33-31-29-27-25-23-17-15-13-11-9-7-2/h8,10,13-16,19-20,22,24,28,30,39-40H,6-7,9,11-12,17-18,21,23,25-27,29,31-38H2,1-5H3/b10-8+,15-13+,16-14+,20-19+,24-22+,30-28+. The predicted octanol–water partition coefficient (Wildman–Crippen LogP) is 8.68. The minimum absolute atomic E-state index is 0.00446. The molecule has 0 N–H and O–H groups in total. The zero-order chi connectivity index (χ0) is 37.8. The molecule has 0 aromatic carbocycles. The number of esters is 2. The molecule has 0 aromatic rings. The Hall–Kier alpha value is -3.23. The summed E-state index contributed by atoms with van der Waals surface area (Å²) in [6.45, 7) is 4.38. The first-order valence-electron chi connectivity index (χ1n) is 19.5. The van der Waals surface area contributed by atoms with Gasteiger partial charge in [0.2, 0.25) is 0 Å². The largest absolute Gasteiger partial charge is 0.544 e. The van der Waals surface area contributed by atoms with Gasteiger partial charge in [0.15, 0.2) is 6.10 Å². The maximum absolute atomic E-state index is 12.6. The predicted molar refractivity (Wildman–Crippen MR) is 208 cm³/mol. The number of allylic oxidation sites excluding steroid dienone is 12. The summed E-state index contributed by atoms with van der Waals surface area (Å²) in [7, 11) is 5.36. The third-order valence-electron chi connectivity index (χ3n) is 8.09. The minimum atomic E-state index is -1.14. The SMILES string of the molecule is CC/C=C/C/C=C/C/C=C/C/C=C/C/C=C/CCC(=O)OC(COCCC(C(=O)[O-])[N+](C)(C)C)COC(=O)CCCCCCC/C=C/CCCC. The molecular formula is C43H71NO7. The average molecular weight is 714 g/mol. The van der Waals surface area contributed by atoms with Crippen molar-refractivity contribution in [3.8, 4) is 0 Å². The number of aliphatic carboxylic acids is 1. The van der Waals surface area contributed by atoms with Gasteiger partial charge in [-0.2, -0.15) is 0 Å². The summed E-state index contributed by atoms with van der Waals surface area (Å²) in [4.78, 5) is 36.6. The summed E-state index contributed by atoms with van der Waals surface area (Å²) in [5.74, 6) is -1.87. The van der Waals surface area contributed by atoms with Gasteiger partial charge >= 0.3 is 11.9 Å². The van der Waals surface area contributed by atoms with Gasteiger partial charge in [0.1, 0.15) is 12.6 Å². The van der Waals surface area contributed by atoms with Gasteiger partial charge in [-0.1, -0.05) is 119 Å². The number of hydrogen-bond donors (Lipinski definition) is 0. The first-order valence-corrected chi connectivity index (χ1v) is 19.5. The van der Waals surface area contributed by atoms with Crippen molar-refractivity contribution in [2.75, 3.05) is 41.0 Å². The lowest BCUT2D eigenvalue weighted by Gasteiger charge is -2.34. The van der Waals surface area contributed by atoms with E-state index in [9.17, 15) is 19.5 Å². The van der Waals surface area contributed by atoms with E-state index < -0.39 is 24.1 Å². The lowest BCUT2D eigenvalue weighted by molar-refractivity contribution is -0.889. The summed E-state index contributed by atoms with van der Waals surface area (Å²) >= 11 is 0. The summed E-state index contributed by atoms with van der Waals surface area (Å²) in [5.41, 5.74) is 0. The maximum atomic E-state index is 12.6. The normalized spacial score (nSPS) is 13.8. The number of rotatable bonds is 33. The highest BCUT2D eigenvalue weighted by Gasteiger charge is 2.25. The van der Waals surface area contributed by atoms with Crippen molar-refractivity contribution in [1.29, 1.82) is 0 Å². The number of unbranched alkanes of at least 4 members (excludes halogenated alkanes) is 7. The Balaban J connectivity index is 4.57. The van der Waals surface area contributed by atoms with Crippen molar-refractivity contribution in [3.05, 3.63) is 72.9 Å². The van der Waals surface area contributed by atoms with Crippen LogP contribution in [0.3, 0.4) is 0 Å². The zero-order valence-corrected chi connectivity index (χ0v) is 32.7. The molecule has 8 nitrogen and oxygen atoms in total. The van der Waals surface area contributed by atoms with Crippen LogP contribution in [0.2, 0.25) is 0 Å². The van der Waals surface area contributed by atoms with Crippen LogP contribution in [0.25, 0.3) is 0 Å². The fourth-order valence-corrected chi connectivity index (χ4v) is 5.04. The molecule has 0 spiro atoms. The highest BCUT2D eigenvalue weighted by atomic mass is 16.6. The second-order valence-electron chi connectivity index (χ2n) is 13.8. The average Bonchev–Trinajstić information content (AvgIpc) is 3.08.